The lowest BCUT2D eigenvalue weighted by atomic mass is 10.2. The third-order valence-corrected chi connectivity index (χ3v) is 4.06. The van der Waals surface area contributed by atoms with Gasteiger partial charge >= 0.3 is 12.1 Å². The van der Waals surface area contributed by atoms with E-state index in [2.05, 4.69) is 15.4 Å². The van der Waals surface area contributed by atoms with E-state index in [0.717, 1.165) is 5.56 Å². The van der Waals surface area contributed by atoms with E-state index in [1.54, 1.807) is 12.1 Å². The van der Waals surface area contributed by atoms with E-state index in [-0.39, 0.29) is 6.61 Å². The molecule has 1 aromatic carbocycles. The zero-order chi connectivity index (χ0) is 19.4. The Bertz CT molecular complexity index is 584. The number of rotatable bonds is 10. The largest absolute Gasteiger partial charge is 0.467 e. The van der Waals surface area contributed by atoms with Crippen molar-refractivity contribution in [3.05, 3.63) is 35.9 Å². The van der Waals surface area contributed by atoms with E-state index in [4.69, 9.17) is 4.74 Å². The second-order valence-corrected chi connectivity index (χ2v) is 6.29. The van der Waals surface area contributed by atoms with Gasteiger partial charge in [0.05, 0.1) is 13.7 Å². The van der Waals surface area contributed by atoms with Gasteiger partial charge in [-0.15, -0.1) is 0 Å². The van der Waals surface area contributed by atoms with Gasteiger partial charge in [0, 0.05) is 0 Å². The molecule has 0 bridgehead atoms. The first-order chi connectivity index (χ1) is 12.5. The van der Waals surface area contributed by atoms with E-state index in [1.165, 1.54) is 18.9 Å². The molecule has 0 radical (unpaired) electrons. The minimum Gasteiger partial charge on any atom is -0.467 e. The molecule has 3 N–H and O–H groups in total. The minimum atomic E-state index is -1.24. The molecule has 9 heteroatoms. The number of hydrogen-bond acceptors (Lipinski definition) is 7. The summed E-state index contributed by atoms with van der Waals surface area (Å²) in [6, 6.07) is 6.94. The summed E-state index contributed by atoms with van der Waals surface area (Å²) in [7, 11) is 1.23. The van der Waals surface area contributed by atoms with E-state index < -0.39 is 36.7 Å². The molecule has 0 fully saturated rings. The van der Waals surface area contributed by atoms with Crippen molar-refractivity contribution >= 4 is 29.7 Å². The third kappa shape index (κ3) is 7.75. The van der Waals surface area contributed by atoms with E-state index in [1.807, 2.05) is 24.5 Å². The molecule has 1 aromatic rings. The molecule has 0 saturated heterocycles. The molecule has 2 atom stereocenters. The summed E-state index contributed by atoms with van der Waals surface area (Å²) in [6.07, 6.45) is 1.40. The second kappa shape index (κ2) is 12.2. The standard InChI is InChI=1S/C17H24N2O6S/c1-24-16(22)13(8-9-26-2)18-15(21)14(10-20)19-17(23)25-11-12-6-4-3-5-7-12/h3-7,13-14,20H,8-11H2,1-2H3,(H,18,21)(H,19,23). The van der Waals surface area contributed by atoms with E-state index in [0.29, 0.717) is 12.2 Å². The molecule has 1 rings (SSSR count). The van der Waals surface area contributed by atoms with E-state index >= 15 is 0 Å². The van der Waals surface area contributed by atoms with Crippen LogP contribution in [0.15, 0.2) is 30.3 Å². The van der Waals surface area contributed by atoms with Gasteiger partial charge in [0.1, 0.15) is 18.7 Å². The van der Waals surface area contributed by atoms with Crippen molar-refractivity contribution < 1.29 is 29.0 Å². The van der Waals surface area contributed by atoms with Crippen LogP contribution in [0.1, 0.15) is 12.0 Å². The summed E-state index contributed by atoms with van der Waals surface area (Å²) in [5.74, 6) is -0.646. The lowest BCUT2D eigenvalue weighted by Gasteiger charge is -2.20. The number of methoxy groups -OCH3 is 1. The predicted molar refractivity (Wildman–Crippen MR) is 97.6 cm³/mol. The Morgan fingerprint density at radius 3 is 2.42 bits per heavy atom. The third-order valence-electron chi connectivity index (χ3n) is 3.42. The molecule has 0 heterocycles. The normalized spacial score (nSPS) is 12.6. The number of carbonyl (C=O) groups excluding carboxylic acids is 3. The molecule has 0 aliphatic carbocycles. The fourth-order valence-corrected chi connectivity index (χ4v) is 2.47. The van der Waals surface area contributed by atoms with Crippen LogP contribution in [0, 0.1) is 0 Å². The SMILES string of the molecule is COC(=O)C(CCSC)NC(=O)C(CO)NC(=O)OCc1ccccc1. The summed E-state index contributed by atoms with van der Waals surface area (Å²) in [6.45, 7) is -0.604. The summed E-state index contributed by atoms with van der Waals surface area (Å²) in [5.41, 5.74) is 0.787. The second-order valence-electron chi connectivity index (χ2n) is 5.31. The van der Waals surface area contributed by atoms with Crippen LogP contribution in [-0.2, 0) is 25.7 Å². The van der Waals surface area contributed by atoms with Gasteiger partial charge in [-0.2, -0.15) is 11.8 Å². The maximum absolute atomic E-state index is 12.2. The highest BCUT2D eigenvalue weighted by atomic mass is 32.2. The Morgan fingerprint density at radius 2 is 1.85 bits per heavy atom. The first-order valence-electron chi connectivity index (χ1n) is 7.97. The zero-order valence-corrected chi connectivity index (χ0v) is 15.6. The Labute approximate surface area is 156 Å². The summed E-state index contributed by atoms with van der Waals surface area (Å²) >= 11 is 1.52. The molecule has 26 heavy (non-hydrogen) atoms. The molecule has 0 aliphatic heterocycles. The van der Waals surface area contributed by atoms with Crippen LogP contribution < -0.4 is 10.6 Å². The fourth-order valence-electron chi connectivity index (χ4n) is 2.00. The lowest BCUT2D eigenvalue weighted by molar-refractivity contribution is -0.145. The highest BCUT2D eigenvalue weighted by Gasteiger charge is 2.27. The number of amides is 2. The van der Waals surface area contributed by atoms with Gasteiger partial charge in [-0.3, -0.25) is 4.79 Å². The van der Waals surface area contributed by atoms with Crippen molar-refractivity contribution in [1.82, 2.24) is 10.6 Å². The van der Waals surface area contributed by atoms with Crippen molar-refractivity contribution in [3.63, 3.8) is 0 Å². The van der Waals surface area contributed by atoms with Crippen LogP contribution in [0.3, 0.4) is 0 Å². The fraction of sp³-hybridized carbons (Fsp3) is 0.471. The number of esters is 1. The summed E-state index contributed by atoms with van der Waals surface area (Å²) in [4.78, 5) is 35.8. The average Bonchev–Trinajstić information content (AvgIpc) is 2.67. The maximum atomic E-state index is 12.2. The number of alkyl carbamates (subject to hydrolysis) is 1. The average molecular weight is 384 g/mol. The highest BCUT2D eigenvalue weighted by molar-refractivity contribution is 7.98. The van der Waals surface area contributed by atoms with Crippen molar-refractivity contribution in [2.24, 2.45) is 0 Å². The maximum Gasteiger partial charge on any atom is 0.408 e. The molecular formula is C17H24N2O6S. The number of hydrogen-bond donors (Lipinski definition) is 3. The van der Waals surface area contributed by atoms with Gasteiger partial charge in [0.25, 0.3) is 0 Å². The predicted octanol–water partition coefficient (Wildman–Crippen LogP) is 0.685. The summed E-state index contributed by atoms with van der Waals surface area (Å²) in [5, 5.41) is 14.1. The van der Waals surface area contributed by atoms with Gasteiger partial charge in [0.2, 0.25) is 5.91 Å². The minimum absolute atomic E-state index is 0.0327. The first-order valence-corrected chi connectivity index (χ1v) is 9.36. The zero-order valence-electron chi connectivity index (χ0n) is 14.8. The number of aliphatic hydroxyl groups is 1. The van der Waals surface area contributed by atoms with Crippen LogP contribution in [-0.4, -0.2) is 60.9 Å². The molecule has 2 unspecified atom stereocenters. The molecule has 0 aliphatic rings. The monoisotopic (exact) mass is 384 g/mol. The number of thioether (sulfide) groups is 1. The molecular weight excluding hydrogens is 360 g/mol. The Morgan fingerprint density at radius 1 is 1.15 bits per heavy atom. The number of benzene rings is 1. The molecule has 2 amide bonds. The van der Waals surface area contributed by atoms with Crippen molar-refractivity contribution in [2.75, 3.05) is 25.7 Å². The van der Waals surface area contributed by atoms with Gasteiger partial charge < -0.3 is 25.2 Å². The van der Waals surface area contributed by atoms with Crippen LogP contribution >= 0.6 is 11.8 Å². The molecule has 144 valence electrons. The molecule has 0 spiro atoms. The molecule has 8 nitrogen and oxygen atoms in total. The van der Waals surface area contributed by atoms with Crippen LogP contribution in [0.5, 0.6) is 0 Å². The topological polar surface area (TPSA) is 114 Å². The van der Waals surface area contributed by atoms with E-state index in [9.17, 15) is 19.5 Å². The Hall–Kier alpha value is -2.26. The lowest BCUT2D eigenvalue weighted by Crippen LogP contribution is -2.53. The first kappa shape index (κ1) is 21.8. The van der Waals surface area contributed by atoms with Crippen molar-refractivity contribution in [3.8, 4) is 0 Å². The Kier molecular flexibility index (Phi) is 10.2. The van der Waals surface area contributed by atoms with Crippen LogP contribution in [0.25, 0.3) is 0 Å². The number of aliphatic hydroxyl groups excluding tert-OH is 1. The van der Waals surface area contributed by atoms with Crippen molar-refractivity contribution in [2.45, 2.75) is 25.1 Å². The number of ether oxygens (including phenoxy) is 2. The van der Waals surface area contributed by atoms with Gasteiger partial charge in [-0.1, -0.05) is 30.3 Å². The molecule has 0 saturated carbocycles. The van der Waals surface area contributed by atoms with Crippen LogP contribution in [0.2, 0.25) is 0 Å². The van der Waals surface area contributed by atoms with Gasteiger partial charge in [0.15, 0.2) is 0 Å². The quantitative estimate of drug-likeness (QED) is 0.508. The van der Waals surface area contributed by atoms with Crippen molar-refractivity contribution in [1.29, 1.82) is 0 Å². The smallest absolute Gasteiger partial charge is 0.408 e. The molecule has 0 aromatic heterocycles. The highest BCUT2D eigenvalue weighted by Crippen LogP contribution is 2.04. The van der Waals surface area contributed by atoms with Gasteiger partial charge in [-0.25, -0.2) is 9.59 Å². The number of carbonyl (C=O) groups is 3. The van der Waals surface area contributed by atoms with Gasteiger partial charge in [-0.05, 0) is 24.0 Å². The number of nitrogens with one attached hydrogen (secondary N) is 2. The Balaban J connectivity index is 2.55. The summed E-state index contributed by atoms with van der Waals surface area (Å²) < 4.78 is 9.67. The van der Waals surface area contributed by atoms with Crippen LogP contribution in [0.4, 0.5) is 4.79 Å².